The summed E-state index contributed by atoms with van der Waals surface area (Å²) in [5.41, 5.74) is 2.26. The molecule has 7 heteroatoms. The minimum Gasteiger partial charge on any atom is -0.497 e. The number of hydrogen-bond donors (Lipinski definition) is 1. The fourth-order valence-corrected chi connectivity index (χ4v) is 3.49. The van der Waals surface area contributed by atoms with E-state index < -0.39 is 0 Å². The highest BCUT2D eigenvalue weighted by Gasteiger charge is 2.35. The Morgan fingerprint density at radius 3 is 2.15 bits per heavy atom. The molecule has 0 unspecified atom stereocenters. The molecule has 0 spiro atoms. The Balaban J connectivity index is 2.29. The summed E-state index contributed by atoms with van der Waals surface area (Å²) in [4.78, 5) is 12.4. The van der Waals surface area contributed by atoms with Gasteiger partial charge in [-0.05, 0) is 18.2 Å². The van der Waals surface area contributed by atoms with Crippen LogP contribution in [0.2, 0.25) is 0 Å². The third-order valence-electron chi connectivity index (χ3n) is 4.69. The molecule has 27 heavy (non-hydrogen) atoms. The molecular formula is C20H23NO6. The lowest BCUT2D eigenvalue weighted by atomic mass is 9.83. The summed E-state index contributed by atoms with van der Waals surface area (Å²) in [7, 11) is 7.85. The highest BCUT2D eigenvalue weighted by Crippen LogP contribution is 2.52. The van der Waals surface area contributed by atoms with E-state index in [0.717, 1.165) is 11.1 Å². The zero-order valence-electron chi connectivity index (χ0n) is 16.0. The zero-order valence-corrected chi connectivity index (χ0v) is 16.0. The third kappa shape index (κ3) is 3.20. The summed E-state index contributed by atoms with van der Waals surface area (Å²) in [5.74, 6) is 2.41. The molecule has 0 saturated heterocycles. The fraction of sp³-hybridized carbons (Fsp3) is 0.350. The molecule has 1 amide bonds. The number of methoxy groups -OCH3 is 5. The maximum absolute atomic E-state index is 12.4. The first-order valence-corrected chi connectivity index (χ1v) is 8.42. The van der Waals surface area contributed by atoms with Crippen molar-refractivity contribution >= 4 is 11.6 Å². The Morgan fingerprint density at radius 2 is 1.56 bits per heavy atom. The molecule has 1 aliphatic heterocycles. The van der Waals surface area contributed by atoms with Gasteiger partial charge in [0.2, 0.25) is 11.7 Å². The van der Waals surface area contributed by atoms with Crippen molar-refractivity contribution in [1.82, 2.24) is 0 Å². The summed E-state index contributed by atoms with van der Waals surface area (Å²) in [6.07, 6.45) is 0.238. The zero-order chi connectivity index (χ0) is 19.6. The van der Waals surface area contributed by atoms with Gasteiger partial charge in [0.15, 0.2) is 11.5 Å². The van der Waals surface area contributed by atoms with Gasteiger partial charge in [-0.3, -0.25) is 4.79 Å². The van der Waals surface area contributed by atoms with E-state index in [-0.39, 0.29) is 18.2 Å². The predicted molar refractivity (Wildman–Crippen MR) is 101 cm³/mol. The molecule has 0 aliphatic carbocycles. The molecule has 1 N–H and O–H groups in total. The SMILES string of the molecule is COc1ccc(OC)c([C@@H]2CC(=O)Nc3cc(OC)c(OC)c(OC)c32)c1. The van der Waals surface area contributed by atoms with Crippen molar-refractivity contribution in [3.63, 3.8) is 0 Å². The van der Waals surface area contributed by atoms with Gasteiger partial charge in [-0.25, -0.2) is 0 Å². The molecule has 0 radical (unpaired) electrons. The average molecular weight is 373 g/mol. The topological polar surface area (TPSA) is 75.3 Å². The Morgan fingerprint density at radius 1 is 0.852 bits per heavy atom. The first kappa shape index (κ1) is 18.7. The van der Waals surface area contributed by atoms with Crippen molar-refractivity contribution in [1.29, 1.82) is 0 Å². The standard InChI is InChI=1S/C20H23NO6/c1-23-11-6-7-15(24-2)12(8-11)13-9-17(22)21-14-10-16(25-3)19(26-4)20(27-5)18(13)14/h6-8,10,13H,9H2,1-5H3,(H,21,22)/t13-/m0/s1. The monoisotopic (exact) mass is 373 g/mol. The number of benzene rings is 2. The molecule has 1 atom stereocenters. The molecule has 144 valence electrons. The molecule has 3 rings (SSSR count). The van der Waals surface area contributed by atoms with Crippen molar-refractivity contribution in [2.24, 2.45) is 0 Å². The van der Waals surface area contributed by atoms with Crippen molar-refractivity contribution in [2.75, 3.05) is 40.9 Å². The van der Waals surface area contributed by atoms with Gasteiger partial charge in [0.1, 0.15) is 11.5 Å². The lowest BCUT2D eigenvalue weighted by molar-refractivity contribution is -0.116. The van der Waals surface area contributed by atoms with Crippen LogP contribution < -0.4 is 29.0 Å². The van der Waals surface area contributed by atoms with Crippen LogP contribution in [0.15, 0.2) is 24.3 Å². The molecule has 2 aromatic carbocycles. The van der Waals surface area contributed by atoms with Crippen LogP contribution in [-0.4, -0.2) is 41.5 Å². The van der Waals surface area contributed by atoms with E-state index in [0.29, 0.717) is 34.4 Å². The van der Waals surface area contributed by atoms with Gasteiger partial charge in [-0.1, -0.05) is 0 Å². The molecule has 0 fully saturated rings. The minimum absolute atomic E-state index is 0.105. The van der Waals surface area contributed by atoms with Crippen molar-refractivity contribution in [2.45, 2.75) is 12.3 Å². The maximum Gasteiger partial charge on any atom is 0.225 e. The first-order chi connectivity index (χ1) is 13.1. The molecule has 7 nitrogen and oxygen atoms in total. The Labute approximate surface area is 158 Å². The lowest BCUT2D eigenvalue weighted by Gasteiger charge is -2.30. The normalized spacial score (nSPS) is 15.4. The summed E-state index contributed by atoms with van der Waals surface area (Å²) >= 11 is 0. The number of amides is 1. The molecule has 0 aromatic heterocycles. The van der Waals surface area contributed by atoms with Crippen LogP contribution in [0.5, 0.6) is 28.7 Å². The van der Waals surface area contributed by atoms with Gasteiger partial charge in [0.25, 0.3) is 0 Å². The summed E-state index contributed by atoms with van der Waals surface area (Å²) in [6, 6.07) is 7.26. The number of ether oxygens (including phenoxy) is 5. The van der Waals surface area contributed by atoms with Gasteiger partial charge < -0.3 is 29.0 Å². The second kappa shape index (κ2) is 7.65. The molecule has 2 aromatic rings. The van der Waals surface area contributed by atoms with E-state index in [1.807, 2.05) is 18.2 Å². The van der Waals surface area contributed by atoms with Gasteiger partial charge in [0, 0.05) is 29.5 Å². The van der Waals surface area contributed by atoms with Crippen LogP contribution in [0.4, 0.5) is 5.69 Å². The third-order valence-corrected chi connectivity index (χ3v) is 4.69. The minimum atomic E-state index is -0.298. The number of rotatable bonds is 6. The second-order valence-electron chi connectivity index (χ2n) is 6.02. The van der Waals surface area contributed by atoms with Crippen LogP contribution in [0, 0.1) is 0 Å². The van der Waals surface area contributed by atoms with E-state index in [9.17, 15) is 4.79 Å². The lowest BCUT2D eigenvalue weighted by Crippen LogP contribution is -2.24. The van der Waals surface area contributed by atoms with Gasteiger partial charge >= 0.3 is 0 Å². The molecule has 1 heterocycles. The number of hydrogen-bond acceptors (Lipinski definition) is 6. The van der Waals surface area contributed by atoms with E-state index in [2.05, 4.69) is 5.32 Å². The van der Waals surface area contributed by atoms with Crippen LogP contribution in [0.1, 0.15) is 23.5 Å². The van der Waals surface area contributed by atoms with E-state index in [1.165, 1.54) is 7.11 Å². The van der Waals surface area contributed by atoms with Crippen molar-refractivity contribution in [3.8, 4) is 28.7 Å². The van der Waals surface area contributed by atoms with E-state index in [4.69, 9.17) is 23.7 Å². The predicted octanol–water partition coefficient (Wildman–Crippen LogP) is 3.20. The van der Waals surface area contributed by atoms with Gasteiger partial charge in [-0.15, -0.1) is 0 Å². The van der Waals surface area contributed by atoms with Crippen LogP contribution in [-0.2, 0) is 4.79 Å². The number of fused-ring (bicyclic) bond motifs is 1. The van der Waals surface area contributed by atoms with Crippen LogP contribution in [0.25, 0.3) is 0 Å². The van der Waals surface area contributed by atoms with Crippen molar-refractivity contribution in [3.05, 3.63) is 35.4 Å². The molecule has 0 bridgehead atoms. The molecule has 1 aliphatic rings. The maximum atomic E-state index is 12.4. The van der Waals surface area contributed by atoms with E-state index in [1.54, 1.807) is 34.5 Å². The average Bonchev–Trinajstić information content (AvgIpc) is 2.70. The highest BCUT2D eigenvalue weighted by atomic mass is 16.5. The van der Waals surface area contributed by atoms with E-state index >= 15 is 0 Å². The number of anilines is 1. The quantitative estimate of drug-likeness (QED) is 0.838. The smallest absolute Gasteiger partial charge is 0.225 e. The summed E-state index contributed by atoms with van der Waals surface area (Å²) in [5, 5.41) is 2.90. The fourth-order valence-electron chi connectivity index (χ4n) is 3.49. The Kier molecular flexibility index (Phi) is 5.30. The Hall–Kier alpha value is -3.09. The molecule has 0 saturated carbocycles. The largest absolute Gasteiger partial charge is 0.497 e. The number of carbonyl (C=O) groups excluding carboxylic acids is 1. The van der Waals surface area contributed by atoms with Crippen LogP contribution in [0.3, 0.4) is 0 Å². The summed E-state index contributed by atoms with van der Waals surface area (Å²) < 4.78 is 27.5. The summed E-state index contributed by atoms with van der Waals surface area (Å²) in [6.45, 7) is 0. The van der Waals surface area contributed by atoms with Crippen molar-refractivity contribution < 1.29 is 28.5 Å². The first-order valence-electron chi connectivity index (χ1n) is 8.42. The number of nitrogens with one attached hydrogen (secondary N) is 1. The van der Waals surface area contributed by atoms with Gasteiger partial charge in [0.05, 0.1) is 41.2 Å². The number of carbonyl (C=O) groups is 1. The highest BCUT2D eigenvalue weighted by molar-refractivity contribution is 5.97. The van der Waals surface area contributed by atoms with Gasteiger partial charge in [-0.2, -0.15) is 0 Å². The Bertz CT molecular complexity index is 864. The second-order valence-corrected chi connectivity index (χ2v) is 6.02. The van der Waals surface area contributed by atoms with Crippen LogP contribution >= 0.6 is 0 Å². The molecular weight excluding hydrogens is 350 g/mol.